The van der Waals surface area contributed by atoms with Crippen molar-refractivity contribution in [2.75, 3.05) is 17.7 Å². The summed E-state index contributed by atoms with van der Waals surface area (Å²) in [4.78, 5) is 15.8. The predicted molar refractivity (Wildman–Crippen MR) is 78.6 cm³/mol. The van der Waals surface area contributed by atoms with Gasteiger partial charge in [-0.15, -0.1) is 0 Å². The molecule has 20 heavy (non-hydrogen) atoms. The molecule has 2 aromatic rings. The number of aromatic nitrogens is 1. The molecule has 5 heteroatoms. The first-order valence-corrected chi connectivity index (χ1v) is 6.35. The molecular formula is C15H17N3O2. The molecule has 0 saturated heterocycles. The number of nitrogens with zero attached hydrogens (tertiary/aromatic N) is 1. The van der Waals surface area contributed by atoms with Gasteiger partial charge < -0.3 is 15.8 Å². The maximum atomic E-state index is 11.8. The highest BCUT2D eigenvalue weighted by Gasteiger charge is 2.04. The second kappa shape index (κ2) is 6.56. The molecular weight excluding hydrogens is 254 g/mol. The van der Waals surface area contributed by atoms with Crippen molar-refractivity contribution in [3.05, 3.63) is 48.3 Å². The van der Waals surface area contributed by atoms with Crippen LogP contribution in [0.1, 0.15) is 12.1 Å². The Kier molecular flexibility index (Phi) is 4.55. The Balaban J connectivity index is 1.80. The van der Waals surface area contributed by atoms with Crippen LogP contribution in [0, 0.1) is 6.92 Å². The third-order valence-corrected chi connectivity index (χ3v) is 2.69. The van der Waals surface area contributed by atoms with Crippen molar-refractivity contribution < 1.29 is 9.53 Å². The molecule has 0 aliphatic rings. The lowest BCUT2D eigenvalue weighted by atomic mass is 10.3. The van der Waals surface area contributed by atoms with Crippen molar-refractivity contribution >= 4 is 17.3 Å². The molecule has 3 N–H and O–H groups in total. The second-order valence-corrected chi connectivity index (χ2v) is 4.37. The van der Waals surface area contributed by atoms with E-state index in [1.807, 2.05) is 25.1 Å². The molecule has 104 valence electrons. The zero-order valence-corrected chi connectivity index (χ0v) is 11.3. The van der Waals surface area contributed by atoms with E-state index < -0.39 is 0 Å². The molecule has 0 unspecified atom stereocenters. The summed E-state index contributed by atoms with van der Waals surface area (Å²) >= 11 is 0. The van der Waals surface area contributed by atoms with Crippen molar-refractivity contribution in [2.24, 2.45) is 0 Å². The number of ether oxygens (including phenoxy) is 1. The first-order valence-electron chi connectivity index (χ1n) is 6.35. The highest BCUT2D eigenvalue weighted by molar-refractivity contribution is 5.90. The van der Waals surface area contributed by atoms with E-state index in [4.69, 9.17) is 10.5 Å². The lowest BCUT2D eigenvalue weighted by Gasteiger charge is -2.09. The fourth-order valence-electron chi connectivity index (χ4n) is 1.71. The summed E-state index contributed by atoms with van der Waals surface area (Å²) in [6.45, 7) is 2.15. The molecule has 2 rings (SSSR count). The molecule has 5 nitrogen and oxygen atoms in total. The zero-order chi connectivity index (χ0) is 14.4. The molecule has 1 amide bonds. The predicted octanol–water partition coefficient (Wildman–Crippen LogP) is 2.38. The average molecular weight is 271 g/mol. The van der Waals surface area contributed by atoms with Crippen LogP contribution in [-0.4, -0.2) is 17.5 Å². The Hall–Kier alpha value is -2.56. The van der Waals surface area contributed by atoms with Gasteiger partial charge in [0.05, 0.1) is 18.7 Å². The first kappa shape index (κ1) is 13.9. The fourth-order valence-corrected chi connectivity index (χ4v) is 1.71. The molecule has 0 spiro atoms. The first-order chi connectivity index (χ1) is 9.65. The van der Waals surface area contributed by atoms with Crippen LogP contribution in [0.15, 0.2) is 42.6 Å². The smallest absolute Gasteiger partial charge is 0.227 e. The number of carbonyl (C=O) groups is 1. The number of amides is 1. The van der Waals surface area contributed by atoms with Gasteiger partial charge in [0, 0.05) is 17.6 Å². The van der Waals surface area contributed by atoms with Crippen molar-refractivity contribution in [1.29, 1.82) is 0 Å². The largest absolute Gasteiger partial charge is 0.491 e. The number of carbonyl (C=O) groups excluding carboxylic acids is 1. The van der Waals surface area contributed by atoms with Crippen LogP contribution in [0.25, 0.3) is 0 Å². The van der Waals surface area contributed by atoms with Crippen LogP contribution >= 0.6 is 0 Å². The molecule has 1 aromatic heterocycles. The van der Waals surface area contributed by atoms with Gasteiger partial charge in [-0.25, -0.2) is 0 Å². The van der Waals surface area contributed by atoms with Crippen LogP contribution in [0.3, 0.4) is 0 Å². The number of nitrogens with two attached hydrogens (primary N) is 1. The summed E-state index contributed by atoms with van der Waals surface area (Å²) in [5.41, 5.74) is 7.91. The molecule has 0 radical (unpaired) electrons. The lowest BCUT2D eigenvalue weighted by molar-refractivity contribution is -0.116. The molecule has 0 atom stereocenters. The van der Waals surface area contributed by atoms with E-state index in [9.17, 15) is 4.79 Å². The van der Waals surface area contributed by atoms with Crippen LogP contribution in [0.2, 0.25) is 0 Å². The standard InChI is InChI=1S/C15H17N3O2/c1-11-10-12(6-8-17-11)18-15(19)7-9-20-14-5-3-2-4-13(14)16/h2-6,8,10H,7,9,16H2,1H3,(H,17,18,19). The molecule has 0 bridgehead atoms. The third-order valence-electron chi connectivity index (χ3n) is 2.69. The van der Waals surface area contributed by atoms with Crippen LogP contribution in [0.4, 0.5) is 11.4 Å². The van der Waals surface area contributed by atoms with Gasteiger partial charge in [0.15, 0.2) is 0 Å². The van der Waals surface area contributed by atoms with Gasteiger partial charge in [-0.05, 0) is 31.2 Å². The fraction of sp³-hybridized carbons (Fsp3) is 0.200. The Morgan fingerprint density at radius 1 is 1.35 bits per heavy atom. The minimum absolute atomic E-state index is 0.106. The van der Waals surface area contributed by atoms with Gasteiger partial charge in [0.25, 0.3) is 0 Å². The Morgan fingerprint density at radius 2 is 2.15 bits per heavy atom. The highest BCUT2D eigenvalue weighted by atomic mass is 16.5. The van der Waals surface area contributed by atoms with E-state index >= 15 is 0 Å². The number of pyridine rings is 1. The van der Waals surface area contributed by atoms with Gasteiger partial charge in [-0.3, -0.25) is 9.78 Å². The van der Waals surface area contributed by atoms with E-state index in [0.29, 0.717) is 11.4 Å². The summed E-state index contributed by atoms with van der Waals surface area (Å²) < 4.78 is 5.47. The summed E-state index contributed by atoms with van der Waals surface area (Å²) in [6.07, 6.45) is 1.92. The summed E-state index contributed by atoms with van der Waals surface area (Å²) in [6, 6.07) is 10.8. The normalized spacial score (nSPS) is 10.1. The Morgan fingerprint density at radius 3 is 2.90 bits per heavy atom. The molecule has 1 aromatic carbocycles. The van der Waals surface area contributed by atoms with Gasteiger partial charge in [0.2, 0.25) is 5.91 Å². The SMILES string of the molecule is Cc1cc(NC(=O)CCOc2ccccc2N)ccn1. The average Bonchev–Trinajstić information content (AvgIpc) is 2.41. The number of hydrogen-bond acceptors (Lipinski definition) is 4. The highest BCUT2D eigenvalue weighted by Crippen LogP contribution is 2.19. The Labute approximate surface area is 117 Å². The number of hydrogen-bond donors (Lipinski definition) is 2. The van der Waals surface area contributed by atoms with Crippen LogP contribution in [0.5, 0.6) is 5.75 Å². The van der Waals surface area contributed by atoms with Crippen molar-refractivity contribution in [3.63, 3.8) is 0 Å². The van der Waals surface area contributed by atoms with Gasteiger partial charge >= 0.3 is 0 Å². The van der Waals surface area contributed by atoms with Crippen molar-refractivity contribution in [2.45, 2.75) is 13.3 Å². The number of benzene rings is 1. The minimum Gasteiger partial charge on any atom is -0.491 e. The summed E-state index contributed by atoms with van der Waals surface area (Å²) in [7, 11) is 0. The van der Waals surface area contributed by atoms with Crippen LogP contribution < -0.4 is 15.8 Å². The van der Waals surface area contributed by atoms with E-state index in [1.54, 1.807) is 24.4 Å². The molecule has 0 aliphatic carbocycles. The molecule has 0 fully saturated rings. The number of anilines is 2. The maximum Gasteiger partial charge on any atom is 0.227 e. The lowest BCUT2D eigenvalue weighted by Crippen LogP contribution is -2.15. The summed E-state index contributed by atoms with van der Waals surface area (Å²) in [5.74, 6) is 0.491. The Bertz CT molecular complexity index is 599. The zero-order valence-electron chi connectivity index (χ0n) is 11.3. The maximum absolute atomic E-state index is 11.8. The quantitative estimate of drug-likeness (QED) is 0.818. The van der Waals surface area contributed by atoms with Crippen molar-refractivity contribution in [1.82, 2.24) is 4.98 Å². The van der Waals surface area contributed by atoms with Gasteiger partial charge in [0.1, 0.15) is 5.75 Å². The van der Waals surface area contributed by atoms with Crippen LogP contribution in [-0.2, 0) is 4.79 Å². The number of nitrogens with one attached hydrogen (secondary N) is 1. The van der Waals surface area contributed by atoms with Gasteiger partial charge in [-0.2, -0.15) is 0 Å². The topological polar surface area (TPSA) is 77.2 Å². The monoisotopic (exact) mass is 271 g/mol. The number of rotatable bonds is 5. The van der Waals surface area contributed by atoms with Gasteiger partial charge in [-0.1, -0.05) is 12.1 Å². The number of para-hydroxylation sites is 2. The molecule has 1 heterocycles. The minimum atomic E-state index is -0.106. The van der Waals surface area contributed by atoms with E-state index in [-0.39, 0.29) is 18.9 Å². The van der Waals surface area contributed by atoms with E-state index in [1.165, 1.54) is 0 Å². The van der Waals surface area contributed by atoms with E-state index in [0.717, 1.165) is 11.4 Å². The third kappa shape index (κ3) is 3.98. The van der Waals surface area contributed by atoms with E-state index in [2.05, 4.69) is 10.3 Å². The number of aryl methyl sites for hydroxylation is 1. The summed E-state index contributed by atoms with van der Waals surface area (Å²) in [5, 5.41) is 2.79. The van der Waals surface area contributed by atoms with Crippen molar-refractivity contribution in [3.8, 4) is 5.75 Å². The number of nitrogen functional groups attached to an aromatic ring is 1. The molecule has 0 aliphatic heterocycles. The second-order valence-electron chi connectivity index (χ2n) is 4.37. The molecule has 0 saturated carbocycles.